The lowest BCUT2D eigenvalue weighted by Crippen LogP contribution is -2.21. The molecule has 0 amide bonds. The maximum atomic E-state index is 10.5. The van der Waals surface area contributed by atoms with E-state index in [2.05, 4.69) is 19.1 Å². The van der Waals surface area contributed by atoms with Crippen LogP contribution in [0.2, 0.25) is 0 Å². The van der Waals surface area contributed by atoms with Crippen molar-refractivity contribution in [1.82, 2.24) is 0 Å². The number of rotatable bonds is 14. The van der Waals surface area contributed by atoms with E-state index in [9.17, 15) is 15.0 Å². The van der Waals surface area contributed by atoms with Crippen LogP contribution in [0.3, 0.4) is 0 Å². The van der Waals surface area contributed by atoms with Crippen LogP contribution in [0.5, 0.6) is 0 Å². The molecule has 0 bridgehead atoms. The van der Waals surface area contributed by atoms with Crippen molar-refractivity contribution in [2.45, 2.75) is 89.9 Å². The third kappa shape index (κ3) is 9.54. The van der Waals surface area contributed by atoms with Gasteiger partial charge >= 0.3 is 5.97 Å². The molecule has 156 valence electrons. The highest BCUT2D eigenvalue weighted by molar-refractivity contribution is 5.79. The highest BCUT2D eigenvalue weighted by Crippen LogP contribution is 2.37. The average molecular weight is 383 g/mol. The largest absolute Gasteiger partial charge is 0.478 e. The molecule has 1 saturated carbocycles. The zero-order chi connectivity index (χ0) is 20.1. The first-order valence-corrected chi connectivity index (χ1v) is 10.5. The van der Waals surface area contributed by atoms with E-state index in [1.165, 1.54) is 18.9 Å². The summed E-state index contributed by atoms with van der Waals surface area (Å²) in [5, 5.41) is 29.3. The van der Waals surface area contributed by atoms with Gasteiger partial charge in [-0.15, -0.1) is 0 Å². The fourth-order valence-corrected chi connectivity index (χ4v) is 3.90. The Bertz CT molecular complexity index is 460. The van der Waals surface area contributed by atoms with Crippen LogP contribution in [0.25, 0.3) is 0 Å². The normalized spacial score (nSPS) is 27.0. The second-order valence-corrected chi connectivity index (χ2v) is 7.51. The van der Waals surface area contributed by atoms with Gasteiger partial charge in [0.2, 0.25) is 0 Å². The summed E-state index contributed by atoms with van der Waals surface area (Å²) in [5.41, 5.74) is 0. The average Bonchev–Trinajstić information content (AvgIpc) is 2.88. The Morgan fingerprint density at radius 1 is 1.15 bits per heavy atom. The molecule has 0 heterocycles. The van der Waals surface area contributed by atoms with Crippen molar-refractivity contribution >= 4 is 5.97 Å². The molecular weight excluding hydrogens is 344 g/mol. The number of aliphatic carboxylic acids is 1. The molecule has 5 atom stereocenters. The minimum Gasteiger partial charge on any atom is -0.478 e. The molecule has 0 radical (unpaired) electrons. The molecule has 1 rings (SSSR count). The second kappa shape index (κ2) is 13.9. The van der Waals surface area contributed by atoms with Gasteiger partial charge in [0.25, 0.3) is 0 Å². The van der Waals surface area contributed by atoms with Crippen LogP contribution in [-0.2, 0) is 9.53 Å². The molecule has 27 heavy (non-hydrogen) atoms. The number of aliphatic hydroxyl groups excluding tert-OH is 2. The molecule has 1 aliphatic carbocycles. The van der Waals surface area contributed by atoms with Gasteiger partial charge in [0.15, 0.2) is 0 Å². The third-order valence-corrected chi connectivity index (χ3v) is 5.36. The van der Waals surface area contributed by atoms with Gasteiger partial charge < -0.3 is 20.1 Å². The number of allylic oxidation sites excluding steroid dienone is 1. The van der Waals surface area contributed by atoms with E-state index in [1.54, 1.807) is 6.08 Å². The summed E-state index contributed by atoms with van der Waals surface area (Å²) in [4.78, 5) is 10.5. The van der Waals surface area contributed by atoms with Crippen molar-refractivity contribution in [3.05, 3.63) is 24.3 Å². The maximum absolute atomic E-state index is 10.5. The molecule has 3 N–H and O–H groups in total. The van der Waals surface area contributed by atoms with Crippen LogP contribution in [0, 0.1) is 11.8 Å². The van der Waals surface area contributed by atoms with E-state index < -0.39 is 18.2 Å². The lowest BCUT2D eigenvalue weighted by atomic mass is 9.88. The summed E-state index contributed by atoms with van der Waals surface area (Å²) >= 11 is 0. The molecule has 0 aromatic rings. The lowest BCUT2D eigenvalue weighted by Gasteiger charge is -2.21. The van der Waals surface area contributed by atoms with Crippen molar-refractivity contribution in [3.8, 4) is 0 Å². The van der Waals surface area contributed by atoms with Crippen molar-refractivity contribution in [2.75, 3.05) is 6.61 Å². The molecule has 0 aliphatic heterocycles. The molecule has 0 aromatic carbocycles. The van der Waals surface area contributed by atoms with Crippen molar-refractivity contribution < 1.29 is 24.9 Å². The van der Waals surface area contributed by atoms with Gasteiger partial charge in [-0.1, -0.05) is 50.8 Å². The molecule has 0 aromatic heterocycles. The summed E-state index contributed by atoms with van der Waals surface area (Å²) in [6, 6.07) is 0. The number of carboxylic acid groups (broad SMARTS) is 1. The van der Waals surface area contributed by atoms with E-state index in [0.29, 0.717) is 13.0 Å². The first kappa shape index (κ1) is 23.9. The highest BCUT2D eigenvalue weighted by atomic mass is 16.5. The molecular formula is C22H38O5. The fraction of sp³-hybridized carbons (Fsp3) is 0.773. The zero-order valence-corrected chi connectivity index (χ0v) is 16.9. The summed E-state index contributed by atoms with van der Waals surface area (Å²) in [6.45, 7) is 4.85. The summed E-state index contributed by atoms with van der Waals surface area (Å²) in [5.74, 6) is -0.904. The van der Waals surface area contributed by atoms with E-state index in [1.807, 2.05) is 6.92 Å². The number of ether oxygens (including phenoxy) is 1. The quantitative estimate of drug-likeness (QED) is 0.239. The number of hydrogen-bond donors (Lipinski definition) is 3. The predicted molar refractivity (Wildman–Crippen MR) is 108 cm³/mol. The number of hydrogen-bond acceptors (Lipinski definition) is 4. The van der Waals surface area contributed by atoms with Gasteiger partial charge in [-0.3, -0.25) is 0 Å². The first-order chi connectivity index (χ1) is 13.0. The second-order valence-electron chi connectivity index (χ2n) is 7.51. The Kier molecular flexibility index (Phi) is 12.3. The third-order valence-electron chi connectivity index (χ3n) is 5.36. The minimum absolute atomic E-state index is 0.0382. The van der Waals surface area contributed by atoms with Crippen LogP contribution < -0.4 is 0 Å². The number of unbranched alkanes of at least 4 members (excludes halogenated alkanes) is 4. The van der Waals surface area contributed by atoms with Gasteiger partial charge in [-0.25, -0.2) is 4.79 Å². The Hall–Kier alpha value is -1.17. The summed E-state index contributed by atoms with van der Waals surface area (Å²) in [7, 11) is 0. The van der Waals surface area contributed by atoms with Crippen LogP contribution in [0.1, 0.15) is 71.6 Å². The topological polar surface area (TPSA) is 87.0 Å². The van der Waals surface area contributed by atoms with Gasteiger partial charge in [0.1, 0.15) is 0 Å². The van der Waals surface area contributed by atoms with E-state index in [-0.39, 0.29) is 17.9 Å². The Morgan fingerprint density at radius 3 is 2.59 bits per heavy atom. The Balaban J connectivity index is 2.54. The molecule has 0 saturated heterocycles. The molecule has 1 fully saturated rings. The number of aliphatic hydroxyl groups is 2. The summed E-state index contributed by atoms with van der Waals surface area (Å²) in [6.07, 6.45) is 14.4. The SMILES string of the molecule is CCCCCC(/C=C/[C@@H]1C(CCCC/C=C/C(=O)O)[C@@H](O)C[C@H]1O)OCC. The van der Waals surface area contributed by atoms with Gasteiger partial charge in [-0.05, 0) is 38.5 Å². The molecule has 5 heteroatoms. The van der Waals surface area contributed by atoms with Crippen molar-refractivity contribution in [2.24, 2.45) is 11.8 Å². The van der Waals surface area contributed by atoms with Crippen LogP contribution >= 0.6 is 0 Å². The molecule has 0 spiro atoms. The van der Waals surface area contributed by atoms with Crippen molar-refractivity contribution in [3.63, 3.8) is 0 Å². The van der Waals surface area contributed by atoms with E-state index >= 15 is 0 Å². The molecule has 2 unspecified atom stereocenters. The predicted octanol–water partition coefficient (Wildman–Crippen LogP) is 4.09. The van der Waals surface area contributed by atoms with Crippen LogP contribution in [0.4, 0.5) is 0 Å². The van der Waals surface area contributed by atoms with Gasteiger partial charge in [0.05, 0.1) is 18.3 Å². The zero-order valence-electron chi connectivity index (χ0n) is 16.9. The van der Waals surface area contributed by atoms with Gasteiger partial charge in [0, 0.05) is 25.0 Å². The number of carboxylic acids is 1. The van der Waals surface area contributed by atoms with E-state index in [0.717, 1.165) is 38.5 Å². The molecule has 5 nitrogen and oxygen atoms in total. The standard InChI is InChI=1S/C22H38O5/c1-3-5-8-11-17(27-4-2)14-15-19-18(20(23)16-21(19)24)12-9-6-7-10-13-22(25)26/h10,13-15,17-21,23-24H,3-9,11-12,16H2,1-2H3,(H,25,26)/b13-10+,15-14+/t17?,18?,19-,20+,21-/m1/s1. The smallest absolute Gasteiger partial charge is 0.327 e. The summed E-state index contributed by atoms with van der Waals surface area (Å²) < 4.78 is 5.80. The Labute approximate surface area is 164 Å². The Morgan fingerprint density at radius 2 is 1.93 bits per heavy atom. The van der Waals surface area contributed by atoms with Crippen molar-refractivity contribution in [1.29, 1.82) is 0 Å². The number of carbonyl (C=O) groups is 1. The van der Waals surface area contributed by atoms with E-state index in [4.69, 9.17) is 9.84 Å². The highest BCUT2D eigenvalue weighted by Gasteiger charge is 2.39. The first-order valence-electron chi connectivity index (χ1n) is 10.5. The molecule has 1 aliphatic rings. The monoisotopic (exact) mass is 382 g/mol. The maximum Gasteiger partial charge on any atom is 0.327 e. The lowest BCUT2D eigenvalue weighted by molar-refractivity contribution is -0.131. The van der Waals surface area contributed by atoms with Crippen LogP contribution in [-0.4, -0.2) is 46.2 Å². The van der Waals surface area contributed by atoms with Gasteiger partial charge in [-0.2, -0.15) is 0 Å². The minimum atomic E-state index is -0.919. The fourth-order valence-electron chi connectivity index (χ4n) is 3.90. The van der Waals surface area contributed by atoms with Crippen LogP contribution in [0.15, 0.2) is 24.3 Å².